The lowest BCUT2D eigenvalue weighted by molar-refractivity contribution is 0.298. The molecule has 0 saturated carbocycles. The number of methoxy groups -OCH3 is 1. The highest BCUT2D eigenvalue weighted by atomic mass is 32.1. The van der Waals surface area contributed by atoms with Crippen molar-refractivity contribution in [2.24, 2.45) is 4.99 Å². The van der Waals surface area contributed by atoms with Crippen LogP contribution < -0.4 is 15.4 Å². The van der Waals surface area contributed by atoms with Crippen LogP contribution in [0.3, 0.4) is 0 Å². The first kappa shape index (κ1) is 20.3. The lowest BCUT2D eigenvalue weighted by Crippen LogP contribution is -2.41. The van der Waals surface area contributed by atoms with Gasteiger partial charge in [-0.3, -0.25) is 0 Å². The van der Waals surface area contributed by atoms with Gasteiger partial charge in [-0.05, 0) is 57.8 Å². The molecule has 1 heterocycles. The van der Waals surface area contributed by atoms with Gasteiger partial charge in [0, 0.05) is 22.8 Å². The van der Waals surface area contributed by atoms with Crippen molar-refractivity contribution in [3.8, 4) is 5.75 Å². The fourth-order valence-electron chi connectivity index (χ4n) is 2.69. The number of thiophene rings is 1. The zero-order valence-corrected chi connectivity index (χ0v) is 17.2. The van der Waals surface area contributed by atoms with E-state index in [2.05, 4.69) is 67.7 Å². The van der Waals surface area contributed by atoms with Gasteiger partial charge in [0.2, 0.25) is 0 Å². The van der Waals surface area contributed by atoms with Crippen molar-refractivity contribution in [1.29, 1.82) is 0 Å². The molecule has 0 bridgehead atoms. The third-order valence-electron chi connectivity index (χ3n) is 4.12. The molecule has 5 nitrogen and oxygen atoms in total. The maximum absolute atomic E-state index is 5.26. The fourth-order valence-corrected chi connectivity index (χ4v) is 3.50. The van der Waals surface area contributed by atoms with Gasteiger partial charge in [-0.2, -0.15) is 0 Å². The highest BCUT2D eigenvalue weighted by Gasteiger charge is 2.15. The molecule has 2 aromatic rings. The number of benzene rings is 1. The molecule has 0 fully saturated rings. The molecule has 6 heteroatoms. The summed E-state index contributed by atoms with van der Waals surface area (Å²) < 4.78 is 5.26. The quantitative estimate of drug-likeness (QED) is 0.549. The molecular weight excluding hydrogens is 344 g/mol. The summed E-state index contributed by atoms with van der Waals surface area (Å²) in [6, 6.07) is 12.8. The van der Waals surface area contributed by atoms with Gasteiger partial charge >= 0.3 is 0 Å². The minimum absolute atomic E-state index is 0.244. The topological polar surface area (TPSA) is 48.9 Å². The number of hydrogen-bond acceptors (Lipinski definition) is 4. The van der Waals surface area contributed by atoms with E-state index in [4.69, 9.17) is 9.73 Å². The summed E-state index contributed by atoms with van der Waals surface area (Å²) in [5.41, 5.74) is 1.24. The standard InChI is InChI=1S/C20H30N4OS/c1-6-21-20(22-13-18-12-7-15(2)26-18)23-14-19(24(3)4)16-8-10-17(25-5)11-9-16/h7-12,19H,6,13-14H2,1-5H3,(H2,21,22,23). The number of aryl methyl sites for hydroxylation is 1. The van der Waals surface area contributed by atoms with Gasteiger partial charge in [-0.15, -0.1) is 11.3 Å². The van der Waals surface area contributed by atoms with Crippen LogP contribution in [0, 0.1) is 6.92 Å². The number of guanidine groups is 1. The molecule has 0 radical (unpaired) electrons. The van der Waals surface area contributed by atoms with Gasteiger partial charge in [-0.25, -0.2) is 4.99 Å². The largest absolute Gasteiger partial charge is 0.497 e. The first-order valence-corrected chi connectivity index (χ1v) is 9.73. The Labute approximate surface area is 161 Å². The molecule has 2 N–H and O–H groups in total. The van der Waals surface area contributed by atoms with E-state index in [0.717, 1.165) is 24.8 Å². The molecular formula is C20H30N4OS. The number of hydrogen-bond donors (Lipinski definition) is 2. The number of nitrogens with one attached hydrogen (secondary N) is 2. The van der Waals surface area contributed by atoms with Crippen LogP contribution in [0.25, 0.3) is 0 Å². The second-order valence-electron chi connectivity index (χ2n) is 6.34. The summed E-state index contributed by atoms with van der Waals surface area (Å²) in [5.74, 6) is 1.72. The predicted molar refractivity (Wildman–Crippen MR) is 111 cm³/mol. The van der Waals surface area contributed by atoms with E-state index < -0.39 is 0 Å². The van der Waals surface area contributed by atoms with Crippen molar-refractivity contribution in [2.75, 3.05) is 34.3 Å². The first-order chi connectivity index (χ1) is 12.5. The Hall–Kier alpha value is -2.05. The summed E-state index contributed by atoms with van der Waals surface area (Å²) in [5, 5.41) is 6.81. The smallest absolute Gasteiger partial charge is 0.191 e. The summed E-state index contributed by atoms with van der Waals surface area (Å²) in [7, 11) is 5.87. The van der Waals surface area contributed by atoms with Crippen LogP contribution in [0.15, 0.2) is 41.4 Å². The highest BCUT2D eigenvalue weighted by Crippen LogP contribution is 2.21. The summed E-state index contributed by atoms with van der Waals surface area (Å²) in [4.78, 5) is 9.52. The predicted octanol–water partition coefficient (Wildman–Crippen LogP) is 3.42. The first-order valence-electron chi connectivity index (χ1n) is 8.91. The van der Waals surface area contributed by atoms with Crippen molar-refractivity contribution in [2.45, 2.75) is 26.4 Å². The van der Waals surface area contributed by atoms with E-state index >= 15 is 0 Å². The number of likely N-dealkylation sites (N-methyl/N-ethyl adjacent to an activating group) is 1. The Balaban J connectivity index is 2.03. The van der Waals surface area contributed by atoms with E-state index in [1.54, 1.807) is 18.4 Å². The van der Waals surface area contributed by atoms with Gasteiger partial charge in [0.15, 0.2) is 5.96 Å². The minimum atomic E-state index is 0.244. The molecule has 0 saturated heterocycles. The Morgan fingerprint density at radius 2 is 1.88 bits per heavy atom. The second-order valence-corrected chi connectivity index (χ2v) is 7.71. The maximum atomic E-state index is 5.26. The van der Waals surface area contributed by atoms with Crippen molar-refractivity contribution in [1.82, 2.24) is 15.5 Å². The van der Waals surface area contributed by atoms with Gasteiger partial charge in [0.05, 0.1) is 19.7 Å². The lowest BCUT2D eigenvalue weighted by atomic mass is 10.1. The fraction of sp³-hybridized carbons (Fsp3) is 0.450. The van der Waals surface area contributed by atoms with Crippen LogP contribution in [0.5, 0.6) is 5.75 Å². The van der Waals surface area contributed by atoms with Crippen LogP contribution in [0.4, 0.5) is 0 Å². The van der Waals surface area contributed by atoms with Crippen LogP contribution in [-0.2, 0) is 6.54 Å². The molecule has 1 aromatic heterocycles. The van der Waals surface area contributed by atoms with Crippen LogP contribution in [0.2, 0.25) is 0 Å². The van der Waals surface area contributed by atoms with E-state index in [0.29, 0.717) is 6.54 Å². The summed E-state index contributed by atoms with van der Waals surface area (Å²) in [6.45, 7) is 6.51. The van der Waals surface area contributed by atoms with E-state index in [1.165, 1.54) is 15.3 Å². The number of rotatable bonds is 8. The van der Waals surface area contributed by atoms with Crippen molar-refractivity contribution in [3.05, 3.63) is 51.7 Å². The third-order valence-corrected chi connectivity index (χ3v) is 5.11. The normalized spacial score (nSPS) is 12.9. The third kappa shape index (κ3) is 6.04. The maximum Gasteiger partial charge on any atom is 0.191 e. The lowest BCUT2D eigenvalue weighted by Gasteiger charge is -2.26. The highest BCUT2D eigenvalue weighted by molar-refractivity contribution is 7.11. The van der Waals surface area contributed by atoms with Crippen LogP contribution in [0.1, 0.15) is 28.3 Å². The number of aliphatic imine (C=N–C) groups is 1. The molecule has 1 unspecified atom stereocenters. The molecule has 0 aliphatic carbocycles. The van der Waals surface area contributed by atoms with Crippen LogP contribution >= 0.6 is 11.3 Å². The van der Waals surface area contributed by atoms with Gasteiger partial charge in [-0.1, -0.05) is 12.1 Å². The molecule has 2 rings (SSSR count). The van der Waals surface area contributed by atoms with Gasteiger partial charge in [0.1, 0.15) is 5.75 Å². The molecule has 26 heavy (non-hydrogen) atoms. The molecule has 0 aliphatic heterocycles. The molecule has 0 spiro atoms. The molecule has 1 aromatic carbocycles. The zero-order valence-electron chi connectivity index (χ0n) is 16.4. The Morgan fingerprint density at radius 3 is 2.42 bits per heavy atom. The number of nitrogens with zero attached hydrogens (tertiary/aromatic N) is 2. The van der Waals surface area contributed by atoms with Crippen molar-refractivity contribution < 1.29 is 4.74 Å². The van der Waals surface area contributed by atoms with E-state index in [-0.39, 0.29) is 6.04 Å². The minimum Gasteiger partial charge on any atom is -0.497 e. The Kier molecular flexibility index (Phi) is 7.94. The van der Waals surface area contributed by atoms with Crippen molar-refractivity contribution >= 4 is 17.3 Å². The van der Waals surface area contributed by atoms with E-state index in [9.17, 15) is 0 Å². The Bertz CT molecular complexity index is 694. The van der Waals surface area contributed by atoms with E-state index in [1.807, 2.05) is 12.1 Å². The van der Waals surface area contributed by atoms with Gasteiger partial charge < -0.3 is 20.3 Å². The molecule has 0 amide bonds. The number of ether oxygens (including phenoxy) is 1. The average Bonchev–Trinajstić information content (AvgIpc) is 3.05. The van der Waals surface area contributed by atoms with Crippen molar-refractivity contribution in [3.63, 3.8) is 0 Å². The zero-order chi connectivity index (χ0) is 18.9. The van der Waals surface area contributed by atoms with Gasteiger partial charge in [0.25, 0.3) is 0 Å². The summed E-state index contributed by atoms with van der Waals surface area (Å²) in [6.07, 6.45) is 0. The monoisotopic (exact) mass is 374 g/mol. The Morgan fingerprint density at radius 1 is 1.15 bits per heavy atom. The molecule has 142 valence electrons. The SMILES string of the molecule is CCNC(=NCc1ccc(C)s1)NCC(c1ccc(OC)cc1)N(C)C. The second kappa shape index (κ2) is 10.2. The summed E-state index contributed by atoms with van der Waals surface area (Å²) >= 11 is 1.79. The molecule has 0 aliphatic rings. The average molecular weight is 375 g/mol. The van der Waals surface area contributed by atoms with Crippen LogP contribution in [-0.4, -0.2) is 45.2 Å². The molecule has 1 atom stereocenters.